The van der Waals surface area contributed by atoms with Crippen molar-refractivity contribution in [2.75, 3.05) is 62.2 Å². The second-order valence-electron chi connectivity index (χ2n) is 8.87. The zero-order chi connectivity index (χ0) is 24.9. The van der Waals surface area contributed by atoms with Crippen LogP contribution >= 0.6 is 0 Å². The first-order valence-electron chi connectivity index (χ1n) is 11.0. The van der Waals surface area contributed by atoms with E-state index in [1.54, 1.807) is 13.2 Å². The Hall–Kier alpha value is -3.84. The summed E-state index contributed by atoms with van der Waals surface area (Å²) in [5.41, 5.74) is 2.29. The molecule has 0 atom stereocenters. The Kier molecular flexibility index (Phi) is 7.58. The fraction of sp³-hybridized carbons (Fsp3) is 0.417. The summed E-state index contributed by atoms with van der Waals surface area (Å²) in [5, 5.41) is 18.8. The molecule has 10 nitrogen and oxygen atoms in total. The molecule has 0 bridgehead atoms. The molecule has 1 aromatic carbocycles. The molecule has 1 aliphatic carbocycles. The molecule has 180 valence electrons. The van der Waals surface area contributed by atoms with Crippen LogP contribution in [0.15, 0.2) is 31.0 Å². The van der Waals surface area contributed by atoms with E-state index in [1.807, 2.05) is 32.1 Å². The normalized spacial score (nSPS) is 13.6. The number of carbonyl (C=O) groups excluding carboxylic acids is 1. The fourth-order valence-electron chi connectivity index (χ4n) is 3.24. The number of nitrogens with one attached hydrogen (secondary N) is 3. The van der Waals surface area contributed by atoms with E-state index in [-0.39, 0.29) is 11.4 Å². The molecular formula is C24H32N8O2. The van der Waals surface area contributed by atoms with Gasteiger partial charge in [0.1, 0.15) is 23.2 Å². The first-order valence-corrected chi connectivity index (χ1v) is 11.0. The Morgan fingerprint density at radius 1 is 1.29 bits per heavy atom. The van der Waals surface area contributed by atoms with E-state index in [9.17, 15) is 10.1 Å². The van der Waals surface area contributed by atoms with E-state index in [4.69, 9.17) is 4.74 Å². The maximum atomic E-state index is 12.1. The molecule has 1 fully saturated rings. The van der Waals surface area contributed by atoms with Gasteiger partial charge in [-0.2, -0.15) is 10.2 Å². The molecule has 1 saturated carbocycles. The number of hydrogen-bond acceptors (Lipinski definition) is 9. The predicted octanol–water partition coefficient (Wildman–Crippen LogP) is 3.19. The van der Waals surface area contributed by atoms with E-state index in [0.29, 0.717) is 34.5 Å². The van der Waals surface area contributed by atoms with Crippen LogP contribution in [0, 0.1) is 11.3 Å². The molecular weight excluding hydrogens is 432 g/mol. The zero-order valence-electron chi connectivity index (χ0n) is 20.4. The van der Waals surface area contributed by atoms with Gasteiger partial charge in [-0.1, -0.05) is 6.58 Å². The van der Waals surface area contributed by atoms with Gasteiger partial charge in [0.15, 0.2) is 0 Å². The highest BCUT2D eigenvalue weighted by molar-refractivity contribution is 6.02. The molecule has 0 unspecified atom stereocenters. The monoisotopic (exact) mass is 464 g/mol. The number of methoxy groups -OCH3 is 1. The van der Waals surface area contributed by atoms with Crippen LogP contribution in [0.1, 0.15) is 25.3 Å². The number of anilines is 5. The smallest absolute Gasteiger partial charge is 0.247 e. The number of nitrogens with zero attached hydrogens (tertiary/aromatic N) is 5. The van der Waals surface area contributed by atoms with Gasteiger partial charge in [-0.05, 0) is 46.0 Å². The Bertz CT molecular complexity index is 1100. The highest BCUT2D eigenvalue weighted by atomic mass is 16.5. The average molecular weight is 465 g/mol. The molecule has 10 heteroatoms. The summed E-state index contributed by atoms with van der Waals surface area (Å²) >= 11 is 0. The first-order chi connectivity index (χ1) is 16.2. The molecule has 0 spiro atoms. The van der Waals surface area contributed by atoms with Crippen LogP contribution in [-0.4, -0.2) is 67.7 Å². The van der Waals surface area contributed by atoms with Crippen LogP contribution in [0.5, 0.6) is 5.75 Å². The van der Waals surface area contributed by atoms with Crippen molar-refractivity contribution >= 4 is 34.7 Å². The Morgan fingerprint density at radius 3 is 2.62 bits per heavy atom. The van der Waals surface area contributed by atoms with Crippen molar-refractivity contribution in [3.8, 4) is 11.8 Å². The molecule has 2 aromatic rings. The molecule has 1 aromatic heterocycles. The first kappa shape index (κ1) is 24.8. The molecule has 0 radical (unpaired) electrons. The van der Waals surface area contributed by atoms with Crippen molar-refractivity contribution in [1.29, 1.82) is 5.26 Å². The van der Waals surface area contributed by atoms with Crippen LogP contribution in [0.3, 0.4) is 0 Å². The quantitative estimate of drug-likeness (QED) is 0.431. The van der Waals surface area contributed by atoms with Gasteiger partial charge >= 0.3 is 0 Å². The van der Waals surface area contributed by atoms with Crippen molar-refractivity contribution in [2.45, 2.75) is 25.3 Å². The van der Waals surface area contributed by atoms with E-state index in [0.717, 1.165) is 31.6 Å². The molecule has 34 heavy (non-hydrogen) atoms. The third-order valence-electron chi connectivity index (χ3n) is 5.63. The summed E-state index contributed by atoms with van der Waals surface area (Å²) in [6, 6.07) is 5.76. The SMILES string of the molecule is C=CC(=O)Nc1cc(Nc2ncc(C#N)c(NC3(C)CC3)n2)c(OC)cc1N(C)CCN(C)C. The van der Waals surface area contributed by atoms with Gasteiger partial charge in [-0.3, -0.25) is 4.79 Å². The van der Waals surface area contributed by atoms with E-state index < -0.39 is 0 Å². The molecule has 3 rings (SSSR count). The molecule has 0 saturated heterocycles. The number of aromatic nitrogens is 2. The van der Waals surface area contributed by atoms with Gasteiger partial charge in [-0.25, -0.2) is 4.98 Å². The standard InChI is InChI=1S/C24H32N8O2/c1-7-21(33)27-17-12-18(20(34-6)13-19(17)32(5)11-10-31(3)4)28-23-26-15-16(14-25)22(29-23)30-24(2)8-9-24/h7,12-13,15H,1,8-11H2,2-6H3,(H,27,33)(H2,26,28,29,30). The summed E-state index contributed by atoms with van der Waals surface area (Å²) in [5.74, 6) is 1.02. The van der Waals surface area contributed by atoms with Crippen LogP contribution in [0.2, 0.25) is 0 Å². The summed E-state index contributed by atoms with van der Waals surface area (Å²) in [7, 11) is 7.54. The molecule has 1 heterocycles. The molecule has 3 N–H and O–H groups in total. The summed E-state index contributed by atoms with van der Waals surface area (Å²) in [4.78, 5) is 25.1. The van der Waals surface area contributed by atoms with Gasteiger partial charge in [-0.15, -0.1) is 0 Å². The number of amides is 1. The van der Waals surface area contributed by atoms with Crippen molar-refractivity contribution in [3.63, 3.8) is 0 Å². The van der Waals surface area contributed by atoms with Crippen LogP contribution in [0.4, 0.5) is 28.8 Å². The Morgan fingerprint density at radius 2 is 2.03 bits per heavy atom. The lowest BCUT2D eigenvalue weighted by atomic mass is 10.2. The van der Waals surface area contributed by atoms with Gasteiger partial charge in [0, 0.05) is 31.7 Å². The molecule has 0 aliphatic heterocycles. The Labute approximate surface area is 200 Å². The van der Waals surface area contributed by atoms with Gasteiger partial charge < -0.3 is 30.5 Å². The largest absolute Gasteiger partial charge is 0.494 e. The second-order valence-corrected chi connectivity index (χ2v) is 8.87. The summed E-state index contributed by atoms with van der Waals surface area (Å²) in [6.45, 7) is 7.22. The highest BCUT2D eigenvalue weighted by Gasteiger charge is 2.38. The van der Waals surface area contributed by atoms with Crippen molar-refractivity contribution in [2.24, 2.45) is 0 Å². The van der Waals surface area contributed by atoms with Gasteiger partial charge in [0.25, 0.3) is 0 Å². The lowest BCUT2D eigenvalue weighted by molar-refractivity contribution is -0.111. The predicted molar refractivity (Wildman–Crippen MR) is 135 cm³/mol. The third kappa shape index (κ3) is 6.14. The topological polar surface area (TPSA) is 118 Å². The van der Waals surface area contributed by atoms with Crippen LogP contribution in [-0.2, 0) is 4.79 Å². The molecule has 1 aliphatic rings. The maximum absolute atomic E-state index is 12.1. The lowest BCUT2D eigenvalue weighted by Gasteiger charge is -2.26. The minimum atomic E-state index is -0.322. The average Bonchev–Trinajstić information content (AvgIpc) is 3.54. The minimum Gasteiger partial charge on any atom is -0.494 e. The van der Waals surface area contributed by atoms with Crippen molar-refractivity contribution < 1.29 is 9.53 Å². The zero-order valence-corrected chi connectivity index (χ0v) is 20.4. The van der Waals surface area contributed by atoms with Crippen LogP contribution < -0.4 is 25.6 Å². The van der Waals surface area contributed by atoms with Gasteiger partial charge in [0.05, 0.1) is 30.4 Å². The maximum Gasteiger partial charge on any atom is 0.247 e. The number of nitriles is 1. The number of rotatable bonds is 11. The second kappa shape index (κ2) is 10.4. The van der Waals surface area contributed by atoms with E-state index >= 15 is 0 Å². The lowest BCUT2D eigenvalue weighted by Crippen LogP contribution is -2.29. The fourth-order valence-corrected chi connectivity index (χ4v) is 3.24. The summed E-state index contributed by atoms with van der Waals surface area (Å²) in [6.07, 6.45) is 4.75. The molecule has 1 amide bonds. The number of ether oxygens (including phenoxy) is 1. The van der Waals surface area contributed by atoms with E-state index in [2.05, 4.69) is 50.4 Å². The van der Waals surface area contributed by atoms with Gasteiger partial charge in [0.2, 0.25) is 11.9 Å². The summed E-state index contributed by atoms with van der Waals surface area (Å²) < 4.78 is 5.63. The Balaban J connectivity index is 1.96. The number of carbonyl (C=O) groups is 1. The highest BCUT2D eigenvalue weighted by Crippen LogP contribution is 2.40. The number of likely N-dealkylation sites (N-methyl/N-ethyl adjacent to an activating group) is 2. The van der Waals surface area contributed by atoms with E-state index in [1.165, 1.54) is 12.3 Å². The minimum absolute atomic E-state index is 0.0458. The van der Waals surface area contributed by atoms with Crippen LogP contribution in [0.25, 0.3) is 0 Å². The third-order valence-corrected chi connectivity index (χ3v) is 5.63. The number of hydrogen-bond donors (Lipinski definition) is 3. The number of benzene rings is 1. The van der Waals surface area contributed by atoms with Crippen molar-refractivity contribution in [1.82, 2.24) is 14.9 Å². The van der Waals surface area contributed by atoms with Crippen molar-refractivity contribution in [3.05, 3.63) is 36.5 Å².